The summed E-state index contributed by atoms with van der Waals surface area (Å²) < 4.78 is 5.10. The maximum absolute atomic E-state index is 11.3. The normalized spacial score (nSPS) is 10.8. The Morgan fingerprint density at radius 2 is 1.71 bits per heavy atom. The van der Waals surface area contributed by atoms with Gasteiger partial charge in [0, 0.05) is 13.1 Å². The molecule has 5 nitrogen and oxygen atoms in total. The molecule has 0 heterocycles. The van der Waals surface area contributed by atoms with Crippen molar-refractivity contribution in [1.29, 1.82) is 0 Å². The molecule has 0 aromatic rings. The van der Waals surface area contributed by atoms with Crippen molar-refractivity contribution in [3.8, 4) is 0 Å². The van der Waals surface area contributed by atoms with Crippen LogP contribution in [0.2, 0.25) is 0 Å². The molecule has 0 unspecified atom stereocenters. The van der Waals surface area contributed by atoms with Crippen LogP contribution in [0.25, 0.3) is 0 Å². The molecule has 0 saturated carbocycles. The fourth-order valence-electron chi connectivity index (χ4n) is 1.27. The number of carbonyl (C=O) groups excluding carboxylic acids is 2. The lowest BCUT2D eigenvalue weighted by Crippen LogP contribution is -2.32. The summed E-state index contributed by atoms with van der Waals surface area (Å²) in [5, 5.41) is 5.32. The van der Waals surface area contributed by atoms with Gasteiger partial charge >= 0.3 is 6.09 Å². The predicted octanol–water partition coefficient (Wildman–Crippen LogP) is 1.82. The highest BCUT2D eigenvalue weighted by atomic mass is 16.6. The highest BCUT2D eigenvalue weighted by molar-refractivity contribution is 5.67. The summed E-state index contributed by atoms with van der Waals surface area (Å²) in [7, 11) is 0. The number of amides is 2. The van der Waals surface area contributed by atoms with E-state index in [0.29, 0.717) is 13.0 Å². The number of unbranched alkanes of at least 4 members (excludes halogenated alkanes) is 3. The van der Waals surface area contributed by atoms with Crippen molar-refractivity contribution < 1.29 is 14.3 Å². The van der Waals surface area contributed by atoms with Gasteiger partial charge in [-0.15, -0.1) is 0 Å². The lowest BCUT2D eigenvalue weighted by Gasteiger charge is -2.19. The second kappa shape index (κ2) is 8.84. The van der Waals surface area contributed by atoms with E-state index in [0.717, 1.165) is 32.2 Å². The van der Waals surface area contributed by atoms with E-state index in [1.54, 1.807) is 0 Å². The minimum Gasteiger partial charge on any atom is -0.444 e. The monoisotopic (exact) mass is 244 g/mol. The Morgan fingerprint density at radius 1 is 1.12 bits per heavy atom. The number of hydrogen-bond acceptors (Lipinski definition) is 3. The van der Waals surface area contributed by atoms with Crippen LogP contribution in [-0.2, 0) is 9.53 Å². The Balaban J connectivity index is 3.28. The summed E-state index contributed by atoms with van der Waals surface area (Å²) in [6, 6.07) is 0. The van der Waals surface area contributed by atoms with Gasteiger partial charge in [-0.05, 0) is 33.6 Å². The smallest absolute Gasteiger partial charge is 0.407 e. The average Bonchev–Trinajstić information content (AvgIpc) is 2.19. The largest absolute Gasteiger partial charge is 0.444 e. The van der Waals surface area contributed by atoms with E-state index >= 15 is 0 Å². The Morgan fingerprint density at radius 3 is 2.24 bits per heavy atom. The quantitative estimate of drug-likeness (QED) is 0.505. The van der Waals surface area contributed by atoms with Crippen LogP contribution in [0.4, 0.5) is 4.79 Å². The molecule has 17 heavy (non-hydrogen) atoms. The molecule has 0 aromatic carbocycles. The van der Waals surface area contributed by atoms with Crippen LogP contribution in [0.15, 0.2) is 0 Å². The zero-order valence-corrected chi connectivity index (χ0v) is 11.0. The molecule has 100 valence electrons. The highest BCUT2D eigenvalue weighted by Crippen LogP contribution is 2.06. The molecular weight excluding hydrogens is 220 g/mol. The molecule has 0 saturated heterocycles. The fourth-order valence-corrected chi connectivity index (χ4v) is 1.27. The number of rotatable bonds is 8. The summed E-state index contributed by atoms with van der Waals surface area (Å²) in [6.07, 6.45) is 4.35. The summed E-state index contributed by atoms with van der Waals surface area (Å²) in [6.45, 7) is 6.88. The summed E-state index contributed by atoms with van der Waals surface area (Å²) in [4.78, 5) is 21.2. The van der Waals surface area contributed by atoms with Crippen LogP contribution in [0.1, 0.15) is 46.5 Å². The molecule has 0 spiro atoms. The first-order valence-electron chi connectivity index (χ1n) is 6.09. The van der Waals surface area contributed by atoms with Crippen LogP contribution in [0.3, 0.4) is 0 Å². The molecule has 0 atom stereocenters. The number of carbonyl (C=O) groups is 2. The van der Waals surface area contributed by atoms with E-state index in [-0.39, 0.29) is 6.09 Å². The SMILES string of the molecule is CC(C)(C)OC(=O)NCCCCCCNC=O. The molecule has 2 amide bonds. The van der Waals surface area contributed by atoms with Gasteiger partial charge in [-0.2, -0.15) is 0 Å². The summed E-state index contributed by atoms with van der Waals surface area (Å²) in [5.74, 6) is 0. The number of ether oxygens (including phenoxy) is 1. The zero-order valence-electron chi connectivity index (χ0n) is 11.0. The molecule has 0 rings (SSSR count). The molecular formula is C12H24N2O3. The first kappa shape index (κ1) is 15.7. The second-order valence-corrected chi connectivity index (χ2v) is 4.91. The van der Waals surface area contributed by atoms with Crippen LogP contribution in [0, 0.1) is 0 Å². The number of hydrogen-bond donors (Lipinski definition) is 2. The highest BCUT2D eigenvalue weighted by Gasteiger charge is 2.15. The lowest BCUT2D eigenvalue weighted by atomic mass is 10.2. The van der Waals surface area contributed by atoms with Crippen molar-refractivity contribution in [2.75, 3.05) is 13.1 Å². The van der Waals surface area contributed by atoms with Gasteiger partial charge in [0.25, 0.3) is 0 Å². The van der Waals surface area contributed by atoms with Gasteiger partial charge in [0.15, 0.2) is 0 Å². The summed E-state index contributed by atoms with van der Waals surface area (Å²) >= 11 is 0. The average molecular weight is 244 g/mol. The number of nitrogens with one attached hydrogen (secondary N) is 2. The maximum Gasteiger partial charge on any atom is 0.407 e. The molecule has 5 heteroatoms. The van der Waals surface area contributed by atoms with E-state index in [9.17, 15) is 9.59 Å². The predicted molar refractivity (Wildman–Crippen MR) is 66.8 cm³/mol. The molecule has 0 aliphatic carbocycles. The lowest BCUT2D eigenvalue weighted by molar-refractivity contribution is -0.109. The van der Waals surface area contributed by atoms with Crippen LogP contribution >= 0.6 is 0 Å². The second-order valence-electron chi connectivity index (χ2n) is 4.91. The van der Waals surface area contributed by atoms with E-state index in [4.69, 9.17) is 4.74 Å². The molecule has 0 fully saturated rings. The molecule has 0 bridgehead atoms. The van der Waals surface area contributed by atoms with Crippen molar-refractivity contribution >= 4 is 12.5 Å². The third kappa shape index (κ3) is 12.7. The Hall–Kier alpha value is -1.26. The van der Waals surface area contributed by atoms with Gasteiger partial charge in [-0.3, -0.25) is 4.79 Å². The topological polar surface area (TPSA) is 67.4 Å². The zero-order chi connectivity index (χ0) is 13.1. The molecule has 0 aliphatic rings. The van der Waals surface area contributed by atoms with Crippen molar-refractivity contribution in [3.63, 3.8) is 0 Å². The molecule has 0 aromatic heterocycles. The standard InChI is InChI=1S/C12H24N2O3/c1-12(2,3)17-11(16)14-9-7-5-4-6-8-13-10-15/h10H,4-9H2,1-3H3,(H,13,15)(H,14,16). The minimum atomic E-state index is -0.440. The van der Waals surface area contributed by atoms with Gasteiger partial charge < -0.3 is 15.4 Å². The minimum absolute atomic E-state index is 0.361. The van der Waals surface area contributed by atoms with Crippen molar-refractivity contribution in [1.82, 2.24) is 10.6 Å². The third-order valence-corrected chi connectivity index (χ3v) is 2.00. The van der Waals surface area contributed by atoms with E-state index < -0.39 is 5.60 Å². The Labute approximate surface area is 103 Å². The Bertz CT molecular complexity index is 224. The first-order chi connectivity index (χ1) is 7.95. The van der Waals surface area contributed by atoms with Crippen molar-refractivity contribution in [2.45, 2.75) is 52.1 Å². The Kier molecular flexibility index (Phi) is 8.19. The van der Waals surface area contributed by atoms with E-state index in [1.807, 2.05) is 20.8 Å². The molecule has 2 N–H and O–H groups in total. The van der Waals surface area contributed by atoms with Gasteiger partial charge in [-0.25, -0.2) is 4.79 Å². The van der Waals surface area contributed by atoms with Crippen molar-refractivity contribution in [2.24, 2.45) is 0 Å². The van der Waals surface area contributed by atoms with E-state index in [2.05, 4.69) is 10.6 Å². The molecule has 0 aliphatic heterocycles. The fraction of sp³-hybridized carbons (Fsp3) is 0.833. The van der Waals surface area contributed by atoms with Gasteiger partial charge in [0.2, 0.25) is 6.41 Å². The van der Waals surface area contributed by atoms with Crippen LogP contribution in [-0.4, -0.2) is 31.2 Å². The molecule has 0 radical (unpaired) electrons. The van der Waals surface area contributed by atoms with Crippen molar-refractivity contribution in [3.05, 3.63) is 0 Å². The van der Waals surface area contributed by atoms with Gasteiger partial charge in [0.1, 0.15) is 5.60 Å². The van der Waals surface area contributed by atoms with Gasteiger partial charge in [-0.1, -0.05) is 12.8 Å². The van der Waals surface area contributed by atoms with Crippen LogP contribution < -0.4 is 10.6 Å². The maximum atomic E-state index is 11.3. The van der Waals surface area contributed by atoms with E-state index in [1.165, 1.54) is 0 Å². The van der Waals surface area contributed by atoms with Crippen LogP contribution in [0.5, 0.6) is 0 Å². The number of alkyl carbamates (subject to hydrolysis) is 1. The van der Waals surface area contributed by atoms with Gasteiger partial charge in [0.05, 0.1) is 0 Å². The first-order valence-corrected chi connectivity index (χ1v) is 6.09. The third-order valence-electron chi connectivity index (χ3n) is 2.00. The summed E-state index contributed by atoms with van der Waals surface area (Å²) in [5.41, 5.74) is -0.440.